The Morgan fingerprint density at radius 3 is 2.88 bits per heavy atom. The second-order valence-electron chi connectivity index (χ2n) is 3.09. The fourth-order valence-electron chi connectivity index (χ4n) is 0.997. The number of amides is 2. The quantitative estimate of drug-likeness (QED) is 0.603. The lowest BCUT2D eigenvalue weighted by atomic mass is 10.3. The SMILES string of the molecule is Cn1ncnc1NC(=O)NCCCC(=O)O. The van der Waals surface area contributed by atoms with Crippen molar-refractivity contribution in [2.45, 2.75) is 12.8 Å². The van der Waals surface area contributed by atoms with E-state index in [-0.39, 0.29) is 6.42 Å². The average Bonchev–Trinajstić information content (AvgIpc) is 2.59. The highest BCUT2D eigenvalue weighted by atomic mass is 16.4. The van der Waals surface area contributed by atoms with Gasteiger partial charge in [-0.15, -0.1) is 0 Å². The molecule has 0 aliphatic heterocycles. The number of aromatic nitrogens is 3. The van der Waals surface area contributed by atoms with Gasteiger partial charge in [0.25, 0.3) is 0 Å². The Kier molecular flexibility index (Phi) is 4.25. The van der Waals surface area contributed by atoms with Crippen LogP contribution in [0.3, 0.4) is 0 Å². The van der Waals surface area contributed by atoms with Crippen LogP contribution in [0.2, 0.25) is 0 Å². The summed E-state index contributed by atoms with van der Waals surface area (Å²) >= 11 is 0. The summed E-state index contributed by atoms with van der Waals surface area (Å²) in [5.74, 6) is -0.550. The molecule has 0 radical (unpaired) electrons. The average molecular weight is 227 g/mol. The minimum atomic E-state index is -0.879. The third kappa shape index (κ3) is 3.95. The monoisotopic (exact) mass is 227 g/mol. The Morgan fingerprint density at radius 2 is 2.31 bits per heavy atom. The van der Waals surface area contributed by atoms with E-state index in [1.54, 1.807) is 7.05 Å². The lowest BCUT2D eigenvalue weighted by Crippen LogP contribution is -2.30. The van der Waals surface area contributed by atoms with Crippen LogP contribution < -0.4 is 10.6 Å². The van der Waals surface area contributed by atoms with Crippen LogP contribution in [0, 0.1) is 0 Å². The summed E-state index contributed by atoms with van der Waals surface area (Å²) in [5.41, 5.74) is 0. The summed E-state index contributed by atoms with van der Waals surface area (Å²) in [4.78, 5) is 25.2. The van der Waals surface area contributed by atoms with E-state index in [0.717, 1.165) is 0 Å². The van der Waals surface area contributed by atoms with Gasteiger partial charge in [0, 0.05) is 20.0 Å². The molecule has 8 heteroatoms. The Hall–Kier alpha value is -2.12. The first-order valence-electron chi connectivity index (χ1n) is 4.70. The Bertz CT molecular complexity index is 376. The number of aliphatic carboxylic acids is 1. The molecule has 0 atom stereocenters. The minimum absolute atomic E-state index is 0.0320. The van der Waals surface area contributed by atoms with E-state index in [0.29, 0.717) is 18.9 Å². The number of carbonyl (C=O) groups excluding carboxylic acids is 1. The van der Waals surface area contributed by atoms with Crippen LogP contribution in [0.15, 0.2) is 6.33 Å². The van der Waals surface area contributed by atoms with Crippen molar-refractivity contribution < 1.29 is 14.7 Å². The molecule has 16 heavy (non-hydrogen) atoms. The van der Waals surface area contributed by atoms with Crippen molar-refractivity contribution in [3.05, 3.63) is 6.33 Å². The van der Waals surface area contributed by atoms with Gasteiger partial charge in [0.15, 0.2) is 0 Å². The van der Waals surface area contributed by atoms with Crippen molar-refractivity contribution in [2.75, 3.05) is 11.9 Å². The number of nitrogens with one attached hydrogen (secondary N) is 2. The molecule has 0 aliphatic carbocycles. The number of hydrogen-bond acceptors (Lipinski definition) is 4. The third-order valence-corrected chi connectivity index (χ3v) is 1.79. The molecule has 0 fully saturated rings. The first kappa shape index (κ1) is 12.0. The summed E-state index contributed by atoms with van der Waals surface area (Å²) in [6, 6.07) is -0.429. The first-order valence-corrected chi connectivity index (χ1v) is 4.70. The second kappa shape index (κ2) is 5.69. The van der Waals surface area contributed by atoms with Gasteiger partial charge in [-0.3, -0.25) is 10.1 Å². The Morgan fingerprint density at radius 1 is 1.56 bits per heavy atom. The smallest absolute Gasteiger partial charge is 0.321 e. The third-order valence-electron chi connectivity index (χ3n) is 1.79. The predicted octanol–water partition coefficient (Wildman–Crippen LogP) is -0.199. The van der Waals surface area contributed by atoms with Crippen molar-refractivity contribution in [2.24, 2.45) is 7.05 Å². The highest BCUT2D eigenvalue weighted by Gasteiger charge is 2.05. The van der Waals surface area contributed by atoms with Crippen LogP contribution in [0.1, 0.15) is 12.8 Å². The summed E-state index contributed by atoms with van der Waals surface area (Å²) in [6.45, 7) is 0.302. The lowest BCUT2D eigenvalue weighted by molar-refractivity contribution is -0.137. The maximum absolute atomic E-state index is 11.3. The molecule has 0 spiro atoms. The largest absolute Gasteiger partial charge is 0.481 e. The molecule has 0 saturated carbocycles. The molecule has 2 amide bonds. The number of urea groups is 1. The van der Waals surface area contributed by atoms with Gasteiger partial charge in [0.1, 0.15) is 6.33 Å². The number of anilines is 1. The molecule has 0 aromatic carbocycles. The molecule has 3 N–H and O–H groups in total. The van der Waals surface area contributed by atoms with Crippen LogP contribution in [0.4, 0.5) is 10.7 Å². The zero-order chi connectivity index (χ0) is 12.0. The van der Waals surface area contributed by atoms with Crippen molar-refractivity contribution in [1.82, 2.24) is 20.1 Å². The van der Waals surface area contributed by atoms with Gasteiger partial charge >= 0.3 is 12.0 Å². The molecular weight excluding hydrogens is 214 g/mol. The summed E-state index contributed by atoms with van der Waals surface area (Å²) in [5, 5.41) is 17.1. The van der Waals surface area contributed by atoms with Gasteiger partial charge in [-0.05, 0) is 6.42 Å². The van der Waals surface area contributed by atoms with E-state index < -0.39 is 12.0 Å². The van der Waals surface area contributed by atoms with E-state index in [4.69, 9.17) is 5.11 Å². The zero-order valence-corrected chi connectivity index (χ0v) is 8.80. The van der Waals surface area contributed by atoms with Crippen molar-refractivity contribution in [3.63, 3.8) is 0 Å². The fourth-order valence-corrected chi connectivity index (χ4v) is 0.997. The van der Waals surface area contributed by atoms with E-state index in [1.165, 1.54) is 11.0 Å². The van der Waals surface area contributed by atoms with Crippen LogP contribution in [0.5, 0.6) is 0 Å². The van der Waals surface area contributed by atoms with Gasteiger partial charge in [-0.25, -0.2) is 9.48 Å². The number of hydrogen-bond donors (Lipinski definition) is 3. The standard InChI is InChI=1S/C8H13N5O3/c1-13-7(10-5-11-13)12-8(16)9-4-2-3-6(14)15/h5H,2-4H2,1H3,(H,14,15)(H2,9,10,11,12,16). The van der Waals surface area contributed by atoms with Gasteiger partial charge in [0.2, 0.25) is 5.95 Å². The Labute approximate surface area is 91.7 Å². The molecular formula is C8H13N5O3. The van der Waals surface area contributed by atoms with Gasteiger partial charge in [-0.2, -0.15) is 10.1 Å². The van der Waals surface area contributed by atoms with Gasteiger partial charge in [-0.1, -0.05) is 0 Å². The first-order chi connectivity index (χ1) is 7.59. The molecule has 1 heterocycles. The van der Waals surface area contributed by atoms with Crippen molar-refractivity contribution in [1.29, 1.82) is 0 Å². The molecule has 0 bridgehead atoms. The van der Waals surface area contributed by atoms with Crippen molar-refractivity contribution in [3.8, 4) is 0 Å². The molecule has 0 saturated heterocycles. The summed E-state index contributed by atoms with van der Waals surface area (Å²) in [7, 11) is 1.65. The number of carbonyl (C=O) groups is 2. The number of carboxylic acids is 1. The van der Waals surface area contributed by atoms with Crippen LogP contribution >= 0.6 is 0 Å². The maximum Gasteiger partial charge on any atom is 0.321 e. The summed E-state index contributed by atoms with van der Waals surface area (Å²) in [6.07, 6.45) is 1.74. The highest BCUT2D eigenvalue weighted by Crippen LogP contribution is 1.96. The topological polar surface area (TPSA) is 109 Å². The predicted molar refractivity (Wildman–Crippen MR) is 54.9 cm³/mol. The van der Waals surface area contributed by atoms with E-state index >= 15 is 0 Å². The van der Waals surface area contributed by atoms with Crippen LogP contribution in [-0.4, -0.2) is 38.4 Å². The zero-order valence-electron chi connectivity index (χ0n) is 8.80. The molecule has 1 aromatic heterocycles. The molecule has 88 valence electrons. The van der Waals surface area contributed by atoms with Crippen LogP contribution in [0.25, 0.3) is 0 Å². The second-order valence-corrected chi connectivity index (χ2v) is 3.09. The lowest BCUT2D eigenvalue weighted by Gasteiger charge is -2.05. The minimum Gasteiger partial charge on any atom is -0.481 e. The number of rotatable bonds is 5. The van der Waals surface area contributed by atoms with Crippen LogP contribution in [-0.2, 0) is 11.8 Å². The number of nitrogens with zero attached hydrogens (tertiary/aromatic N) is 3. The number of aryl methyl sites for hydroxylation is 1. The number of carboxylic acid groups (broad SMARTS) is 1. The molecule has 0 unspecified atom stereocenters. The van der Waals surface area contributed by atoms with Gasteiger partial charge in [0.05, 0.1) is 0 Å². The van der Waals surface area contributed by atoms with E-state index in [1.807, 2.05) is 0 Å². The molecule has 0 aliphatic rings. The molecule has 1 rings (SSSR count). The molecule has 8 nitrogen and oxygen atoms in total. The molecule has 1 aromatic rings. The Balaban J connectivity index is 2.21. The highest BCUT2D eigenvalue weighted by molar-refractivity contribution is 5.87. The maximum atomic E-state index is 11.3. The fraction of sp³-hybridized carbons (Fsp3) is 0.500. The van der Waals surface area contributed by atoms with Gasteiger partial charge < -0.3 is 10.4 Å². The van der Waals surface area contributed by atoms with E-state index in [9.17, 15) is 9.59 Å². The summed E-state index contributed by atoms with van der Waals surface area (Å²) < 4.78 is 1.41. The normalized spacial score (nSPS) is 9.81. The van der Waals surface area contributed by atoms with E-state index in [2.05, 4.69) is 20.7 Å². The van der Waals surface area contributed by atoms with Crippen molar-refractivity contribution >= 4 is 17.9 Å².